The molecular formula is C15H29ClN2O. The molecule has 1 heterocycles. The predicted octanol–water partition coefficient (Wildman–Crippen LogP) is 2.82. The van der Waals surface area contributed by atoms with Gasteiger partial charge in [0.2, 0.25) is 5.91 Å². The van der Waals surface area contributed by atoms with Crippen LogP contribution < -0.4 is 5.73 Å². The van der Waals surface area contributed by atoms with Gasteiger partial charge in [-0.05, 0) is 36.0 Å². The van der Waals surface area contributed by atoms with E-state index in [4.69, 9.17) is 5.73 Å². The van der Waals surface area contributed by atoms with Crippen molar-refractivity contribution in [3.63, 3.8) is 0 Å². The van der Waals surface area contributed by atoms with Crippen LogP contribution >= 0.6 is 12.4 Å². The second-order valence-electron chi connectivity index (χ2n) is 7.95. The molecule has 4 heteroatoms. The Bertz CT molecular complexity index is 356. The molecule has 2 fully saturated rings. The van der Waals surface area contributed by atoms with Crippen molar-refractivity contribution in [3.05, 3.63) is 0 Å². The van der Waals surface area contributed by atoms with Gasteiger partial charge in [0, 0.05) is 12.6 Å². The Morgan fingerprint density at radius 2 is 1.84 bits per heavy atom. The molecule has 0 spiro atoms. The third kappa shape index (κ3) is 3.25. The predicted molar refractivity (Wildman–Crippen MR) is 81.3 cm³/mol. The summed E-state index contributed by atoms with van der Waals surface area (Å²) in [5, 5.41) is 0. The summed E-state index contributed by atoms with van der Waals surface area (Å²) < 4.78 is 0. The standard InChI is InChI=1S/C15H28N2O.ClH/c1-10(2)12(16)13(18)17-9-15(5)7-11(17)6-14(3,4)8-15;/h10-12H,6-9,16H2,1-5H3;1H/t11?,12-,15?;/m1./s1. The lowest BCUT2D eigenvalue weighted by molar-refractivity contribution is -0.134. The second-order valence-corrected chi connectivity index (χ2v) is 7.95. The molecule has 0 radical (unpaired) electrons. The van der Waals surface area contributed by atoms with Gasteiger partial charge in [-0.2, -0.15) is 0 Å². The largest absolute Gasteiger partial charge is 0.338 e. The van der Waals surface area contributed by atoms with Crippen LogP contribution in [0.4, 0.5) is 0 Å². The van der Waals surface area contributed by atoms with Crippen molar-refractivity contribution in [3.8, 4) is 0 Å². The van der Waals surface area contributed by atoms with Crippen LogP contribution in [-0.2, 0) is 4.79 Å². The minimum absolute atomic E-state index is 0. The van der Waals surface area contributed by atoms with E-state index in [-0.39, 0.29) is 30.3 Å². The molecule has 1 saturated carbocycles. The molecule has 19 heavy (non-hydrogen) atoms. The molecule has 2 aliphatic rings. The Labute approximate surface area is 123 Å². The molecule has 2 N–H and O–H groups in total. The molecule has 3 nitrogen and oxygen atoms in total. The zero-order valence-corrected chi connectivity index (χ0v) is 13.7. The molecule has 2 unspecified atom stereocenters. The molecule has 112 valence electrons. The molecule has 0 aromatic heterocycles. The lowest BCUT2D eigenvalue weighted by atomic mass is 9.65. The average molecular weight is 289 g/mol. The maximum atomic E-state index is 12.5. The first-order valence-electron chi connectivity index (χ1n) is 7.20. The number of likely N-dealkylation sites (tertiary alicyclic amines) is 1. The first kappa shape index (κ1) is 16.8. The van der Waals surface area contributed by atoms with Crippen molar-refractivity contribution in [1.82, 2.24) is 4.90 Å². The van der Waals surface area contributed by atoms with E-state index in [0.29, 0.717) is 16.9 Å². The number of rotatable bonds is 2. The third-order valence-corrected chi connectivity index (χ3v) is 4.70. The molecular weight excluding hydrogens is 260 g/mol. The topological polar surface area (TPSA) is 46.3 Å². The van der Waals surface area contributed by atoms with E-state index in [1.165, 1.54) is 6.42 Å². The molecule has 2 bridgehead atoms. The van der Waals surface area contributed by atoms with Gasteiger partial charge in [0.05, 0.1) is 6.04 Å². The Balaban J connectivity index is 0.00000180. The van der Waals surface area contributed by atoms with Crippen LogP contribution in [0.25, 0.3) is 0 Å². The molecule has 0 aromatic rings. The summed E-state index contributed by atoms with van der Waals surface area (Å²) in [6.07, 6.45) is 3.50. The Morgan fingerprint density at radius 3 is 2.37 bits per heavy atom. The Kier molecular flexibility index (Phi) is 4.63. The van der Waals surface area contributed by atoms with E-state index in [1.807, 2.05) is 13.8 Å². The fourth-order valence-electron chi connectivity index (χ4n) is 4.19. The van der Waals surface area contributed by atoms with Crippen LogP contribution in [0.5, 0.6) is 0 Å². The highest BCUT2D eigenvalue weighted by Crippen LogP contribution is 2.52. The highest BCUT2D eigenvalue weighted by Gasteiger charge is 2.51. The summed E-state index contributed by atoms with van der Waals surface area (Å²) in [6.45, 7) is 11.9. The number of nitrogens with two attached hydrogens (primary N) is 1. The zero-order valence-electron chi connectivity index (χ0n) is 12.9. The van der Waals surface area contributed by atoms with Gasteiger partial charge in [-0.25, -0.2) is 0 Å². The minimum Gasteiger partial charge on any atom is -0.338 e. The number of nitrogens with zero attached hydrogens (tertiary/aromatic N) is 1. The van der Waals surface area contributed by atoms with Gasteiger partial charge in [0.15, 0.2) is 0 Å². The first-order chi connectivity index (χ1) is 8.14. The van der Waals surface area contributed by atoms with E-state index in [9.17, 15) is 4.79 Å². The molecule has 2 rings (SSSR count). The lowest BCUT2D eigenvalue weighted by Crippen LogP contribution is -2.48. The SMILES string of the molecule is CC(C)[C@@H](N)C(=O)N1CC2(C)CC1CC(C)(C)C2.Cl. The summed E-state index contributed by atoms with van der Waals surface area (Å²) in [7, 11) is 0. The first-order valence-corrected chi connectivity index (χ1v) is 7.20. The monoisotopic (exact) mass is 288 g/mol. The van der Waals surface area contributed by atoms with E-state index >= 15 is 0 Å². The van der Waals surface area contributed by atoms with E-state index in [1.54, 1.807) is 0 Å². The summed E-state index contributed by atoms with van der Waals surface area (Å²) in [5.74, 6) is 0.384. The van der Waals surface area contributed by atoms with E-state index < -0.39 is 0 Å². The van der Waals surface area contributed by atoms with Gasteiger partial charge < -0.3 is 10.6 Å². The van der Waals surface area contributed by atoms with Crippen molar-refractivity contribution in [2.75, 3.05) is 6.54 Å². The van der Waals surface area contributed by atoms with Crippen molar-refractivity contribution >= 4 is 18.3 Å². The van der Waals surface area contributed by atoms with Crippen molar-refractivity contribution in [1.29, 1.82) is 0 Å². The molecule has 0 aromatic carbocycles. The molecule has 3 atom stereocenters. The van der Waals surface area contributed by atoms with Crippen LogP contribution in [0.3, 0.4) is 0 Å². The van der Waals surface area contributed by atoms with Crippen LogP contribution in [0.1, 0.15) is 53.9 Å². The van der Waals surface area contributed by atoms with Crippen LogP contribution in [0.15, 0.2) is 0 Å². The average Bonchev–Trinajstić information content (AvgIpc) is 2.45. The van der Waals surface area contributed by atoms with Crippen molar-refractivity contribution < 1.29 is 4.79 Å². The van der Waals surface area contributed by atoms with Crippen LogP contribution in [0, 0.1) is 16.7 Å². The van der Waals surface area contributed by atoms with E-state index in [2.05, 4.69) is 25.7 Å². The number of halogens is 1. The fourth-order valence-corrected chi connectivity index (χ4v) is 4.19. The Morgan fingerprint density at radius 1 is 1.26 bits per heavy atom. The summed E-state index contributed by atoms with van der Waals surface area (Å²) in [4.78, 5) is 14.6. The maximum Gasteiger partial charge on any atom is 0.240 e. The minimum atomic E-state index is -0.337. The normalized spacial score (nSPS) is 34.1. The zero-order chi connectivity index (χ0) is 13.7. The number of carbonyl (C=O) groups is 1. The van der Waals surface area contributed by atoms with Gasteiger partial charge in [-0.15, -0.1) is 12.4 Å². The fraction of sp³-hybridized carbons (Fsp3) is 0.933. The highest BCUT2D eigenvalue weighted by molar-refractivity contribution is 5.85. The highest BCUT2D eigenvalue weighted by atomic mass is 35.5. The number of amides is 1. The van der Waals surface area contributed by atoms with E-state index in [0.717, 1.165) is 19.4 Å². The van der Waals surface area contributed by atoms with Gasteiger partial charge in [0.1, 0.15) is 0 Å². The summed E-state index contributed by atoms with van der Waals surface area (Å²) in [6, 6.07) is 0.0760. The summed E-state index contributed by atoms with van der Waals surface area (Å²) in [5.41, 5.74) is 6.70. The molecule has 1 aliphatic carbocycles. The van der Waals surface area contributed by atoms with Gasteiger partial charge >= 0.3 is 0 Å². The summed E-state index contributed by atoms with van der Waals surface area (Å²) >= 11 is 0. The Hall–Kier alpha value is -0.280. The van der Waals surface area contributed by atoms with Crippen molar-refractivity contribution in [2.24, 2.45) is 22.5 Å². The second kappa shape index (κ2) is 5.25. The third-order valence-electron chi connectivity index (χ3n) is 4.70. The molecule has 1 amide bonds. The molecule has 1 saturated heterocycles. The number of carbonyl (C=O) groups excluding carboxylic acids is 1. The quantitative estimate of drug-likeness (QED) is 0.849. The maximum absolute atomic E-state index is 12.5. The lowest BCUT2D eigenvalue weighted by Gasteiger charge is -2.39. The van der Waals surface area contributed by atoms with Crippen LogP contribution in [0.2, 0.25) is 0 Å². The van der Waals surface area contributed by atoms with Gasteiger partial charge in [-0.3, -0.25) is 4.79 Å². The number of hydrogen-bond acceptors (Lipinski definition) is 2. The van der Waals surface area contributed by atoms with Gasteiger partial charge in [-0.1, -0.05) is 34.6 Å². The van der Waals surface area contributed by atoms with Gasteiger partial charge in [0.25, 0.3) is 0 Å². The number of hydrogen-bond donors (Lipinski definition) is 1. The smallest absolute Gasteiger partial charge is 0.240 e. The van der Waals surface area contributed by atoms with Crippen LogP contribution in [-0.4, -0.2) is 29.4 Å². The van der Waals surface area contributed by atoms with Crippen molar-refractivity contribution in [2.45, 2.75) is 66.0 Å². The number of fused-ring (bicyclic) bond motifs is 2. The molecule has 1 aliphatic heterocycles.